The lowest BCUT2D eigenvalue weighted by Crippen LogP contribution is -2.12. The van der Waals surface area contributed by atoms with Crippen LogP contribution >= 0.6 is 0 Å². The van der Waals surface area contributed by atoms with Gasteiger partial charge in [-0.2, -0.15) is 0 Å². The van der Waals surface area contributed by atoms with Gasteiger partial charge in [0, 0.05) is 11.8 Å². The highest BCUT2D eigenvalue weighted by Crippen LogP contribution is 2.22. The minimum Gasteiger partial charge on any atom is -0.291 e. The van der Waals surface area contributed by atoms with Gasteiger partial charge in [0.25, 0.3) is 0 Å². The van der Waals surface area contributed by atoms with Crippen molar-refractivity contribution in [1.29, 1.82) is 0 Å². The van der Waals surface area contributed by atoms with Crippen LogP contribution in [0.25, 0.3) is 0 Å². The summed E-state index contributed by atoms with van der Waals surface area (Å²) in [5.41, 5.74) is 0. The quantitative estimate of drug-likeness (QED) is 0.450. The van der Waals surface area contributed by atoms with Gasteiger partial charge in [-0.3, -0.25) is 9.59 Å². The molecule has 0 aromatic rings. The van der Waals surface area contributed by atoms with E-state index in [0.29, 0.717) is 0 Å². The molecular weight excluding hydrogens is 116 g/mol. The maximum atomic E-state index is 10.8. The van der Waals surface area contributed by atoms with Gasteiger partial charge >= 0.3 is 0 Å². The molecule has 1 rings (SSSR count). The average Bonchev–Trinajstić information content (AvgIpc) is 1.98. The molecule has 0 bridgehead atoms. The normalized spacial score (nSPS) is 35.8. The minimum atomic E-state index is -0.178. The summed E-state index contributed by atoms with van der Waals surface area (Å²) in [6.45, 7) is 3.62. The number of carbonyl (C=O) groups is 2. The maximum Gasteiger partial charge on any atom is 0.201 e. The van der Waals surface area contributed by atoms with Crippen LogP contribution in [0.5, 0.6) is 0 Å². The Labute approximate surface area is 54.2 Å². The smallest absolute Gasteiger partial charge is 0.201 e. The summed E-state index contributed by atoms with van der Waals surface area (Å²) in [6.07, 6.45) is 0.748. The van der Waals surface area contributed by atoms with Gasteiger partial charge in [-0.1, -0.05) is 13.8 Å². The highest BCUT2D eigenvalue weighted by Gasteiger charge is 2.34. The van der Waals surface area contributed by atoms with Crippen molar-refractivity contribution >= 4 is 11.6 Å². The Bertz CT molecular complexity index is 142. The fourth-order valence-corrected chi connectivity index (χ4v) is 1.23. The molecule has 1 aliphatic rings. The molecule has 0 heterocycles. The molecule has 0 amide bonds. The third kappa shape index (κ3) is 0.889. The number of carbonyl (C=O) groups excluding carboxylic acids is 2. The molecule has 50 valence electrons. The monoisotopic (exact) mass is 126 g/mol. The zero-order valence-corrected chi connectivity index (χ0v) is 5.68. The van der Waals surface area contributed by atoms with Crippen molar-refractivity contribution < 1.29 is 9.59 Å². The summed E-state index contributed by atoms with van der Waals surface area (Å²) in [7, 11) is 0. The minimum absolute atomic E-state index is 0.0208. The molecule has 9 heavy (non-hydrogen) atoms. The number of ketones is 2. The second-order valence-electron chi connectivity index (χ2n) is 2.77. The Morgan fingerprint density at radius 1 is 1.11 bits per heavy atom. The van der Waals surface area contributed by atoms with E-state index < -0.39 is 0 Å². The summed E-state index contributed by atoms with van der Waals surface area (Å²) in [4.78, 5) is 21.5. The van der Waals surface area contributed by atoms with Gasteiger partial charge in [0.1, 0.15) is 0 Å². The first-order chi connectivity index (χ1) is 4.13. The Hall–Kier alpha value is -0.660. The zero-order valence-electron chi connectivity index (χ0n) is 5.68. The van der Waals surface area contributed by atoms with E-state index in [1.807, 2.05) is 13.8 Å². The fraction of sp³-hybridized carbons (Fsp3) is 0.714. The van der Waals surface area contributed by atoms with E-state index in [9.17, 15) is 9.59 Å². The summed E-state index contributed by atoms with van der Waals surface area (Å²) in [5, 5.41) is 0. The van der Waals surface area contributed by atoms with Crippen LogP contribution in [0.3, 0.4) is 0 Å². The lowest BCUT2D eigenvalue weighted by atomic mass is 10.1. The zero-order chi connectivity index (χ0) is 7.02. The van der Waals surface area contributed by atoms with Crippen LogP contribution in [-0.4, -0.2) is 11.6 Å². The van der Waals surface area contributed by atoms with Gasteiger partial charge in [0.05, 0.1) is 0 Å². The molecule has 0 spiro atoms. The Balaban J connectivity index is 2.77. The molecule has 0 unspecified atom stereocenters. The largest absolute Gasteiger partial charge is 0.291 e. The first kappa shape index (κ1) is 6.46. The molecule has 1 saturated carbocycles. The summed E-state index contributed by atoms with van der Waals surface area (Å²) in [5.74, 6) is -0.398. The molecule has 0 saturated heterocycles. The second-order valence-corrected chi connectivity index (χ2v) is 2.77. The molecule has 0 radical (unpaired) electrons. The lowest BCUT2D eigenvalue weighted by Gasteiger charge is -1.92. The van der Waals surface area contributed by atoms with Crippen LogP contribution in [0, 0.1) is 11.8 Å². The van der Waals surface area contributed by atoms with Crippen LogP contribution in [-0.2, 0) is 9.59 Å². The maximum absolute atomic E-state index is 10.8. The van der Waals surface area contributed by atoms with E-state index in [2.05, 4.69) is 0 Å². The van der Waals surface area contributed by atoms with Gasteiger partial charge in [0.15, 0.2) is 0 Å². The van der Waals surface area contributed by atoms with Gasteiger partial charge in [-0.25, -0.2) is 0 Å². The first-order valence-corrected chi connectivity index (χ1v) is 3.21. The topological polar surface area (TPSA) is 34.1 Å². The van der Waals surface area contributed by atoms with Crippen LogP contribution in [0.1, 0.15) is 20.3 Å². The Morgan fingerprint density at radius 3 is 1.56 bits per heavy atom. The molecule has 2 heteroatoms. The van der Waals surface area contributed by atoms with E-state index >= 15 is 0 Å². The molecular formula is C7H10O2. The standard InChI is InChI=1S/C7H10O2/c1-4-3-5(2)7(9)6(4)8/h4-5H,3H2,1-2H3/t4-,5-/m0/s1. The third-order valence-electron chi connectivity index (χ3n) is 1.85. The predicted octanol–water partition coefficient (Wildman–Crippen LogP) is 0.800. The Morgan fingerprint density at radius 2 is 1.44 bits per heavy atom. The fourth-order valence-electron chi connectivity index (χ4n) is 1.23. The summed E-state index contributed by atoms with van der Waals surface area (Å²) >= 11 is 0. The molecule has 1 fully saturated rings. The van der Waals surface area contributed by atoms with E-state index in [1.54, 1.807) is 0 Å². The average molecular weight is 126 g/mol. The second kappa shape index (κ2) is 1.94. The van der Waals surface area contributed by atoms with Crippen molar-refractivity contribution in [1.82, 2.24) is 0 Å². The molecule has 0 aromatic heterocycles. The van der Waals surface area contributed by atoms with Crippen molar-refractivity contribution in [2.75, 3.05) is 0 Å². The predicted molar refractivity (Wildman–Crippen MR) is 33.0 cm³/mol. The van der Waals surface area contributed by atoms with Crippen LogP contribution < -0.4 is 0 Å². The van der Waals surface area contributed by atoms with Gasteiger partial charge in [-0.15, -0.1) is 0 Å². The molecule has 0 aliphatic heterocycles. The van der Waals surface area contributed by atoms with Crippen LogP contribution in [0.4, 0.5) is 0 Å². The van der Waals surface area contributed by atoms with Crippen LogP contribution in [0.2, 0.25) is 0 Å². The molecule has 2 nitrogen and oxygen atoms in total. The van der Waals surface area contributed by atoms with Crippen molar-refractivity contribution in [3.05, 3.63) is 0 Å². The van der Waals surface area contributed by atoms with Gasteiger partial charge < -0.3 is 0 Å². The Kier molecular flexibility index (Phi) is 1.39. The van der Waals surface area contributed by atoms with E-state index in [0.717, 1.165) is 6.42 Å². The number of hydrogen-bond donors (Lipinski definition) is 0. The summed E-state index contributed by atoms with van der Waals surface area (Å²) in [6, 6.07) is 0. The van der Waals surface area contributed by atoms with E-state index in [1.165, 1.54) is 0 Å². The van der Waals surface area contributed by atoms with Gasteiger partial charge in [0.2, 0.25) is 11.6 Å². The van der Waals surface area contributed by atoms with Crippen molar-refractivity contribution in [2.45, 2.75) is 20.3 Å². The first-order valence-electron chi connectivity index (χ1n) is 3.21. The summed E-state index contributed by atoms with van der Waals surface area (Å²) < 4.78 is 0. The lowest BCUT2D eigenvalue weighted by molar-refractivity contribution is -0.136. The van der Waals surface area contributed by atoms with Gasteiger partial charge in [-0.05, 0) is 6.42 Å². The number of hydrogen-bond acceptors (Lipinski definition) is 2. The molecule has 2 atom stereocenters. The molecule has 0 aromatic carbocycles. The number of rotatable bonds is 0. The molecule has 1 aliphatic carbocycles. The third-order valence-corrected chi connectivity index (χ3v) is 1.85. The van der Waals surface area contributed by atoms with Crippen molar-refractivity contribution in [3.8, 4) is 0 Å². The van der Waals surface area contributed by atoms with E-state index in [-0.39, 0.29) is 23.4 Å². The highest BCUT2D eigenvalue weighted by molar-refractivity contribution is 6.40. The van der Waals surface area contributed by atoms with Crippen molar-refractivity contribution in [3.63, 3.8) is 0 Å². The highest BCUT2D eigenvalue weighted by atomic mass is 16.2. The SMILES string of the molecule is C[C@H]1C[C@H](C)C(=O)C1=O. The van der Waals surface area contributed by atoms with Crippen LogP contribution in [0.15, 0.2) is 0 Å². The van der Waals surface area contributed by atoms with E-state index in [4.69, 9.17) is 0 Å². The van der Waals surface area contributed by atoms with Crippen molar-refractivity contribution in [2.24, 2.45) is 11.8 Å². The number of Topliss-reactive ketones (excluding diaryl/α,β-unsaturated/α-hetero) is 2. The molecule has 0 N–H and O–H groups in total.